The molecule has 1 heterocycles. The van der Waals surface area contributed by atoms with E-state index in [2.05, 4.69) is 5.32 Å². The van der Waals surface area contributed by atoms with Gasteiger partial charge in [0, 0.05) is 36.4 Å². The fourth-order valence-corrected chi connectivity index (χ4v) is 1.77. The highest BCUT2D eigenvalue weighted by atomic mass is 35.5. The van der Waals surface area contributed by atoms with E-state index in [-0.39, 0.29) is 11.5 Å². The van der Waals surface area contributed by atoms with E-state index in [1.807, 2.05) is 0 Å². The summed E-state index contributed by atoms with van der Waals surface area (Å²) < 4.78 is 1.48. The van der Waals surface area contributed by atoms with Gasteiger partial charge >= 0.3 is 0 Å². The van der Waals surface area contributed by atoms with Crippen molar-refractivity contribution >= 4 is 17.5 Å². The van der Waals surface area contributed by atoms with Crippen LogP contribution in [0.25, 0.3) is 0 Å². The highest BCUT2D eigenvalue weighted by Gasteiger charge is 2.05. The van der Waals surface area contributed by atoms with Gasteiger partial charge in [0.05, 0.1) is 0 Å². The first-order valence-electron chi connectivity index (χ1n) is 5.75. The zero-order valence-corrected chi connectivity index (χ0v) is 11.1. The lowest BCUT2D eigenvalue weighted by molar-refractivity contribution is 0.0951. The van der Waals surface area contributed by atoms with Crippen LogP contribution in [0.1, 0.15) is 15.9 Å². The van der Waals surface area contributed by atoms with Crippen molar-refractivity contribution in [2.75, 3.05) is 0 Å². The number of aryl methyl sites for hydroxylation is 1. The Morgan fingerprint density at radius 3 is 2.53 bits per heavy atom. The summed E-state index contributed by atoms with van der Waals surface area (Å²) in [5.74, 6) is -0.175. The van der Waals surface area contributed by atoms with Gasteiger partial charge in [0.15, 0.2) is 0 Å². The van der Waals surface area contributed by atoms with Crippen LogP contribution in [0, 0.1) is 0 Å². The van der Waals surface area contributed by atoms with Crippen LogP contribution in [-0.2, 0) is 13.6 Å². The molecule has 0 spiro atoms. The predicted octanol–water partition coefficient (Wildman–Crippen LogP) is 1.97. The number of carbonyl (C=O) groups excluding carboxylic acids is 1. The Labute approximate surface area is 115 Å². The Hall–Kier alpha value is -2.07. The fraction of sp³-hybridized carbons (Fsp3) is 0.143. The van der Waals surface area contributed by atoms with Gasteiger partial charge in [0.25, 0.3) is 5.91 Å². The molecule has 0 atom stereocenters. The number of nitrogens with zero attached hydrogens (tertiary/aromatic N) is 1. The summed E-state index contributed by atoms with van der Waals surface area (Å²) in [7, 11) is 1.67. The summed E-state index contributed by atoms with van der Waals surface area (Å²) in [4.78, 5) is 23.1. The molecule has 5 heteroatoms. The fourth-order valence-electron chi connectivity index (χ4n) is 1.64. The molecule has 98 valence electrons. The third-order valence-corrected chi connectivity index (χ3v) is 2.96. The van der Waals surface area contributed by atoms with Gasteiger partial charge in [-0.15, -0.1) is 0 Å². The number of hydrogen-bond donors (Lipinski definition) is 1. The number of rotatable bonds is 3. The number of nitrogens with one attached hydrogen (secondary N) is 1. The quantitative estimate of drug-likeness (QED) is 0.932. The molecule has 0 aliphatic carbocycles. The van der Waals surface area contributed by atoms with Crippen molar-refractivity contribution in [2.24, 2.45) is 7.05 Å². The van der Waals surface area contributed by atoms with Crippen molar-refractivity contribution in [3.63, 3.8) is 0 Å². The van der Waals surface area contributed by atoms with E-state index in [9.17, 15) is 9.59 Å². The van der Waals surface area contributed by atoms with Crippen molar-refractivity contribution < 1.29 is 4.79 Å². The molecule has 2 aromatic rings. The van der Waals surface area contributed by atoms with Gasteiger partial charge in [0.1, 0.15) is 0 Å². The van der Waals surface area contributed by atoms with Gasteiger partial charge < -0.3 is 9.88 Å². The number of halogens is 1. The molecule has 19 heavy (non-hydrogen) atoms. The second-order valence-corrected chi connectivity index (χ2v) is 4.61. The van der Waals surface area contributed by atoms with Gasteiger partial charge in [-0.1, -0.05) is 17.7 Å². The summed E-state index contributed by atoms with van der Waals surface area (Å²) in [6.07, 6.45) is 1.70. The molecule has 4 nitrogen and oxygen atoms in total. The Balaban J connectivity index is 2.02. The topological polar surface area (TPSA) is 51.1 Å². The summed E-state index contributed by atoms with van der Waals surface area (Å²) in [5, 5.41) is 3.38. The molecule has 0 unspecified atom stereocenters. The van der Waals surface area contributed by atoms with E-state index in [1.165, 1.54) is 10.6 Å². The van der Waals surface area contributed by atoms with E-state index in [0.717, 1.165) is 5.56 Å². The summed E-state index contributed by atoms with van der Waals surface area (Å²) in [6.45, 7) is 0.371. The average Bonchev–Trinajstić information content (AvgIpc) is 2.40. The number of amides is 1. The first-order valence-corrected chi connectivity index (χ1v) is 6.13. The number of aromatic nitrogens is 1. The first-order chi connectivity index (χ1) is 9.06. The molecular weight excluding hydrogens is 264 g/mol. The maximum Gasteiger partial charge on any atom is 0.251 e. The van der Waals surface area contributed by atoms with Crippen LogP contribution in [-0.4, -0.2) is 10.5 Å². The van der Waals surface area contributed by atoms with Gasteiger partial charge in [-0.05, 0) is 29.8 Å². The molecule has 0 radical (unpaired) electrons. The Kier molecular flexibility index (Phi) is 4.02. The molecule has 0 bridgehead atoms. The number of hydrogen-bond acceptors (Lipinski definition) is 2. The molecule has 1 N–H and O–H groups in total. The molecule has 0 fully saturated rings. The average molecular weight is 277 g/mol. The van der Waals surface area contributed by atoms with Crippen molar-refractivity contribution in [2.45, 2.75) is 6.54 Å². The zero-order chi connectivity index (χ0) is 13.8. The minimum Gasteiger partial charge on any atom is -0.348 e. The minimum absolute atomic E-state index is 0.0761. The molecule has 1 aromatic heterocycles. The van der Waals surface area contributed by atoms with E-state index in [4.69, 9.17) is 11.6 Å². The smallest absolute Gasteiger partial charge is 0.251 e. The van der Waals surface area contributed by atoms with E-state index < -0.39 is 0 Å². The molecule has 0 aliphatic heterocycles. The molecule has 2 rings (SSSR count). The summed E-state index contributed by atoms with van der Waals surface area (Å²) >= 11 is 5.76. The predicted molar refractivity (Wildman–Crippen MR) is 74.3 cm³/mol. The largest absolute Gasteiger partial charge is 0.348 e. The van der Waals surface area contributed by atoms with Crippen LogP contribution in [0.4, 0.5) is 0 Å². The lowest BCUT2D eigenvalue weighted by atomic mass is 10.2. The maximum atomic E-state index is 11.9. The van der Waals surface area contributed by atoms with Crippen LogP contribution in [0.2, 0.25) is 5.02 Å². The number of benzene rings is 1. The van der Waals surface area contributed by atoms with Crippen LogP contribution in [0.3, 0.4) is 0 Å². The monoisotopic (exact) mass is 276 g/mol. The van der Waals surface area contributed by atoms with E-state index in [1.54, 1.807) is 43.6 Å². The first kappa shape index (κ1) is 13.4. The Bertz CT molecular complexity index is 647. The third kappa shape index (κ3) is 3.45. The number of pyridine rings is 1. The lowest BCUT2D eigenvalue weighted by Gasteiger charge is -2.06. The Morgan fingerprint density at radius 2 is 1.89 bits per heavy atom. The van der Waals surface area contributed by atoms with Crippen molar-refractivity contribution in [1.29, 1.82) is 0 Å². The zero-order valence-electron chi connectivity index (χ0n) is 10.4. The van der Waals surface area contributed by atoms with Gasteiger partial charge in [-0.3, -0.25) is 9.59 Å². The van der Waals surface area contributed by atoms with Gasteiger partial charge in [-0.2, -0.15) is 0 Å². The van der Waals surface area contributed by atoms with Crippen LogP contribution in [0.5, 0.6) is 0 Å². The molecule has 0 saturated carbocycles. The van der Waals surface area contributed by atoms with Crippen LogP contribution < -0.4 is 10.9 Å². The molecule has 0 saturated heterocycles. The second kappa shape index (κ2) is 5.71. The Morgan fingerprint density at radius 1 is 1.21 bits per heavy atom. The van der Waals surface area contributed by atoms with Crippen LogP contribution in [0.15, 0.2) is 47.4 Å². The highest BCUT2D eigenvalue weighted by Crippen LogP contribution is 2.09. The van der Waals surface area contributed by atoms with Crippen molar-refractivity contribution in [1.82, 2.24) is 9.88 Å². The SMILES string of the molecule is Cn1cc(CNC(=O)c2ccc(Cl)cc2)ccc1=O. The third-order valence-electron chi connectivity index (χ3n) is 2.71. The second-order valence-electron chi connectivity index (χ2n) is 4.18. The van der Waals surface area contributed by atoms with Crippen molar-refractivity contribution in [3.05, 3.63) is 69.1 Å². The van der Waals surface area contributed by atoms with E-state index >= 15 is 0 Å². The summed E-state index contributed by atoms with van der Waals surface area (Å²) in [6, 6.07) is 9.84. The van der Waals surface area contributed by atoms with Gasteiger partial charge in [-0.25, -0.2) is 0 Å². The molecule has 1 aromatic carbocycles. The van der Waals surface area contributed by atoms with E-state index in [0.29, 0.717) is 17.1 Å². The van der Waals surface area contributed by atoms with Gasteiger partial charge in [0.2, 0.25) is 5.56 Å². The molecular formula is C14H13ClN2O2. The minimum atomic E-state index is -0.175. The van der Waals surface area contributed by atoms with Crippen molar-refractivity contribution in [3.8, 4) is 0 Å². The standard InChI is InChI=1S/C14H13ClN2O2/c1-17-9-10(2-7-13(17)18)8-16-14(19)11-3-5-12(15)6-4-11/h2-7,9H,8H2,1H3,(H,16,19). The highest BCUT2D eigenvalue weighted by molar-refractivity contribution is 6.30. The normalized spacial score (nSPS) is 10.2. The number of carbonyl (C=O) groups is 1. The summed E-state index contributed by atoms with van der Waals surface area (Å²) in [5.41, 5.74) is 1.34. The molecule has 1 amide bonds. The maximum absolute atomic E-state index is 11.9. The van der Waals surface area contributed by atoms with Crippen LogP contribution >= 0.6 is 11.6 Å². The lowest BCUT2D eigenvalue weighted by Crippen LogP contribution is -2.24. The molecule has 0 aliphatic rings.